The van der Waals surface area contributed by atoms with E-state index in [1.54, 1.807) is 11.3 Å². The monoisotopic (exact) mass is 337 g/mol. The van der Waals surface area contributed by atoms with E-state index in [2.05, 4.69) is 38.8 Å². The highest BCUT2D eigenvalue weighted by atomic mass is 79.9. The second kappa shape index (κ2) is 7.46. The van der Waals surface area contributed by atoms with E-state index in [0.717, 1.165) is 23.9 Å². The minimum atomic E-state index is 0.122. The van der Waals surface area contributed by atoms with E-state index in [4.69, 9.17) is 0 Å². The number of hydrogen-bond donors (Lipinski definition) is 1. The Balaban J connectivity index is 1.67. The van der Waals surface area contributed by atoms with Crippen LogP contribution in [0, 0.1) is 0 Å². The fraction of sp³-hybridized carbons (Fsp3) is 0.267. The molecule has 0 unspecified atom stereocenters. The predicted molar refractivity (Wildman–Crippen MR) is 83.5 cm³/mol. The van der Waals surface area contributed by atoms with Gasteiger partial charge < -0.3 is 5.32 Å². The predicted octanol–water partition coefficient (Wildman–Crippen LogP) is 3.80. The molecule has 2 rings (SSSR count). The maximum atomic E-state index is 11.7. The van der Waals surface area contributed by atoms with Crippen LogP contribution in [0.5, 0.6) is 0 Å². The van der Waals surface area contributed by atoms with Crippen LogP contribution in [0.2, 0.25) is 0 Å². The number of hydrogen-bond acceptors (Lipinski definition) is 2. The minimum absolute atomic E-state index is 0.122. The van der Waals surface area contributed by atoms with Gasteiger partial charge in [-0.1, -0.05) is 34.1 Å². The topological polar surface area (TPSA) is 29.1 Å². The van der Waals surface area contributed by atoms with E-state index < -0.39 is 0 Å². The molecule has 1 heterocycles. The summed E-state index contributed by atoms with van der Waals surface area (Å²) in [5.41, 5.74) is 1.18. The number of carbonyl (C=O) groups excluding carboxylic acids is 1. The first-order chi connectivity index (χ1) is 9.24. The first kappa shape index (κ1) is 14.3. The Morgan fingerprint density at radius 2 is 2.11 bits per heavy atom. The lowest BCUT2D eigenvalue weighted by atomic mass is 10.1. The fourth-order valence-corrected chi connectivity index (χ4v) is 2.97. The summed E-state index contributed by atoms with van der Waals surface area (Å²) in [4.78, 5) is 13.0. The lowest BCUT2D eigenvalue weighted by Gasteiger charge is -2.05. The highest BCUT2D eigenvalue weighted by Crippen LogP contribution is 2.13. The Hall–Kier alpha value is -1.13. The Morgan fingerprint density at radius 1 is 1.21 bits per heavy atom. The molecule has 0 radical (unpaired) electrons. The summed E-state index contributed by atoms with van der Waals surface area (Å²) in [6.07, 6.45) is 2.24. The number of halogens is 1. The summed E-state index contributed by atoms with van der Waals surface area (Å²) in [5.74, 6) is 0.122. The normalized spacial score (nSPS) is 10.4. The average Bonchev–Trinajstić information content (AvgIpc) is 2.90. The summed E-state index contributed by atoms with van der Waals surface area (Å²) in [6, 6.07) is 12.2. The Kier molecular flexibility index (Phi) is 5.61. The zero-order chi connectivity index (χ0) is 13.5. The van der Waals surface area contributed by atoms with Crippen LogP contribution in [0.3, 0.4) is 0 Å². The summed E-state index contributed by atoms with van der Waals surface area (Å²) in [5, 5.41) is 5.02. The fourth-order valence-electron chi connectivity index (χ4n) is 1.82. The van der Waals surface area contributed by atoms with Crippen molar-refractivity contribution >= 4 is 33.2 Å². The van der Waals surface area contributed by atoms with Crippen molar-refractivity contribution in [3.8, 4) is 0 Å². The molecule has 0 aliphatic rings. The maximum Gasteiger partial charge on any atom is 0.220 e. The molecule has 0 atom stereocenters. The molecule has 0 saturated carbocycles. The SMILES string of the molecule is O=C(CCc1cccc(Br)c1)NCCc1cccs1. The highest BCUT2D eigenvalue weighted by Gasteiger charge is 2.02. The summed E-state index contributed by atoms with van der Waals surface area (Å²) in [7, 11) is 0. The van der Waals surface area contributed by atoms with Gasteiger partial charge in [-0.05, 0) is 42.0 Å². The number of aryl methyl sites for hydroxylation is 1. The second-order valence-corrected chi connectivity index (χ2v) is 6.26. The van der Waals surface area contributed by atoms with Crippen LogP contribution in [-0.4, -0.2) is 12.5 Å². The zero-order valence-electron chi connectivity index (χ0n) is 10.6. The lowest BCUT2D eigenvalue weighted by Crippen LogP contribution is -2.25. The van der Waals surface area contributed by atoms with Gasteiger partial charge in [-0.2, -0.15) is 0 Å². The molecule has 19 heavy (non-hydrogen) atoms. The molecule has 0 fully saturated rings. The van der Waals surface area contributed by atoms with Gasteiger partial charge in [0.1, 0.15) is 0 Å². The highest BCUT2D eigenvalue weighted by molar-refractivity contribution is 9.10. The molecule has 2 aromatic rings. The van der Waals surface area contributed by atoms with Gasteiger partial charge in [0.25, 0.3) is 0 Å². The molecular weight excluding hydrogens is 322 g/mol. The van der Waals surface area contributed by atoms with Crippen molar-refractivity contribution in [2.24, 2.45) is 0 Å². The van der Waals surface area contributed by atoms with Crippen LogP contribution >= 0.6 is 27.3 Å². The van der Waals surface area contributed by atoms with Crippen LogP contribution in [0.25, 0.3) is 0 Å². The maximum absolute atomic E-state index is 11.7. The van der Waals surface area contributed by atoms with Gasteiger partial charge in [-0.25, -0.2) is 0 Å². The third-order valence-corrected chi connectivity index (χ3v) is 4.23. The molecule has 0 spiro atoms. The van der Waals surface area contributed by atoms with Crippen molar-refractivity contribution in [3.05, 3.63) is 56.7 Å². The van der Waals surface area contributed by atoms with Gasteiger partial charge >= 0.3 is 0 Å². The van der Waals surface area contributed by atoms with Crippen LogP contribution in [0.1, 0.15) is 16.9 Å². The zero-order valence-corrected chi connectivity index (χ0v) is 13.0. The molecule has 0 aliphatic heterocycles. The molecule has 0 aliphatic carbocycles. The van der Waals surface area contributed by atoms with E-state index in [9.17, 15) is 4.79 Å². The first-order valence-corrected chi connectivity index (χ1v) is 7.95. The molecule has 0 bridgehead atoms. The van der Waals surface area contributed by atoms with Gasteiger partial charge in [-0.3, -0.25) is 4.79 Å². The molecule has 1 aromatic heterocycles. The van der Waals surface area contributed by atoms with Crippen molar-refractivity contribution in [1.82, 2.24) is 5.32 Å². The number of amides is 1. The Morgan fingerprint density at radius 3 is 2.84 bits per heavy atom. The quantitative estimate of drug-likeness (QED) is 0.853. The molecule has 1 N–H and O–H groups in total. The van der Waals surface area contributed by atoms with Crippen molar-refractivity contribution in [1.29, 1.82) is 0 Å². The molecular formula is C15H16BrNOS. The summed E-state index contributed by atoms with van der Waals surface area (Å²) < 4.78 is 1.06. The minimum Gasteiger partial charge on any atom is -0.356 e. The number of thiophene rings is 1. The third kappa shape index (κ3) is 5.17. The number of carbonyl (C=O) groups is 1. The van der Waals surface area contributed by atoms with Gasteiger partial charge in [0.15, 0.2) is 0 Å². The van der Waals surface area contributed by atoms with E-state index in [1.807, 2.05) is 24.3 Å². The van der Waals surface area contributed by atoms with Crippen LogP contribution in [-0.2, 0) is 17.6 Å². The molecule has 1 amide bonds. The lowest BCUT2D eigenvalue weighted by molar-refractivity contribution is -0.121. The van der Waals surface area contributed by atoms with Gasteiger partial charge in [0.05, 0.1) is 0 Å². The second-order valence-electron chi connectivity index (χ2n) is 4.31. The van der Waals surface area contributed by atoms with E-state index in [0.29, 0.717) is 6.42 Å². The van der Waals surface area contributed by atoms with Gasteiger partial charge in [0.2, 0.25) is 5.91 Å². The third-order valence-electron chi connectivity index (χ3n) is 2.80. The Labute approximate surface area is 126 Å². The average molecular weight is 338 g/mol. The number of rotatable bonds is 6. The molecule has 2 nitrogen and oxygen atoms in total. The van der Waals surface area contributed by atoms with E-state index in [1.165, 1.54) is 10.4 Å². The standard InChI is InChI=1S/C15H16BrNOS/c16-13-4-1-3-12(11-13)6-7-15(18)17-9-8-14-5-2-10-19-14/h1-5,10-11H,6-9H2,(H,17,18). The molecule has 100 valence electrons. The van der Waals surface area contributed by atoms with Gasteiger partial charge in [-0.15, -0.1) is 11.3 Å². The van der Waals surface area contributed by atoms with Crippen molar-refractivity contribution in [2.45, 2.75) is 19.3 Å². The first-order valence-electron chi connectivity index (χ1n) is 6.27. The smallest absolute Gasteiger partial charge is 0.220 e. The largest absolute Gasteiger partial charge is 0.356 e. The summed E-state index contributed by atoms with van der Waals surface area (Å²) >= 11 is 5.16. The van der Waals surface area contributed by atoms with Crippen molar-refractivity contribution < 1.29 is 4.79 Å². The van der Waals surface area contributed by atoms with E-state index >= 15 is 0 Å². The van der Waals surface area contributed by atoms with Crippen molar-refractivity contribution in [3.63, 3.8) is 0 Å². The van der Waals surface area contributed by atoms with Crippen molar-refractivity contribution in [2.75, 3.05) is 6.54 Å². The number of nitrogens with one attached hydrogen (secondary N) is 1. The van der Waals surface area contributed by atoms with Gasteiger partial charge in [0, 0.05) is 22.3 Å². The molecule has 1 aromatic carbocycles. The molecule has 0 saturated heterocycles. The van der Waals surface area contributed by atoms with Crippen LogP contribution in [0.15, 0.2) is 46.3 Å². The Bertz CT molecular complexity index is 525. The van der Waals surface area contributed by atoms with Crippen LogP contribution < -0.4 is 5.32 Å². The number of benzene rings is 1. The van der Waals surface area contributed by atoms with Crippen LogP contribution in [0.4, 0.5) is 0 Å². The van der Waals surface area contributed by atoms with E-state index in [-0.39, 0.29) is 5.91 Å². The summed E-state index contributed by atoms with van der Waals surface area (Å²) in [6.45, 7) is 0.720. The molecule has 4 heteroatoms.